The number of carbonyl (C=O) groups is 2. The zero-order valence-corrected chi connectivity index (χ0v) is 20.2. The van der Waals surface area contributed by atoms with E-state index in [-0.39, 0.29) is 30.5 Å². The maximum Gasteiger partial charge on any atom is 0.246 e. The third-order valence-corrected chi connectivity index (χ3v) is 6.76. The smallest absolute Gasteiger partial charge is 0.246 e. The number of imidazole rings is 1. The molecule has 1 fully saturated rings. The summed E-state index contributed by atoms with van der Waals surface area (Å²) >= 11 is 1.23. The molecule has 0 spiro atoms. The molecule has 1 aliphatic rings. The minimum Gasteiger partial charge on any atom is -0.391 e. The fraction of sp³-hybridized carbons (Fsp3) is 0.261. The van der Waals surface area contributed by atoms with E-state index in [9.17, 15) is 19.1 Å². The molecule has 2 amide bonds. The van der Waals surface area contributed by atoms with E-state index in [1.165, 1.54) is 28.8 Å². The topological polar surface area (TPSA) is 151 Å². The lowest BCUT2D eigenvalue weighted by Gasteiger charge is -2.22. The molecule has 4 aromatic rings. The van der Waals surface area contributed by atoms with Crippen molar-refractivity contribution in [3.8, 4) is 10.6 Å². The largest absolute Gasteiger partial charge is 0.391 e. The number of β-amino-alcohol motifs (C(OH)–C–C–N with tert-alkyl or cyclic N) is 1. The molecule has 4 aromatic heterocycles. The number of carbonyl (C=O) groups excluding carboxylic acids is 2. The third-order valence-electron chi connectivity index (χ3n) is 5.84. The van der Waals surface area contributed by atoms with E-state index in [1.807, 2.05) is 4.57 Å². The molecule has 0 aromatic carbocycles. The summed E-state index contributed by atoms with van der Waals surface area (Å²) in [5.41, 5.74) is 1.62. The number of aromatic nitrogens is 6. The quantitative estimate of drug-likeness (QED) is 0.292. The highest BCUT2D eigenvalue weighted by molar-refractivity contribution is 7.18. The number of fused-ring (bicyclic) bond motifs is 1. The van der Waals surface area contributed by atoms with Gasteiger partial charge >= 0.3 is 0 Å². The lowest BCUT2D eigenvalue weighted by molar-refractivity contribution is -0.135. The highest BCUT2D eigenvalue weighted by atomic mass is 32.1. The molecule has 2 atom stereocenters. The fourth-order valence-electron chi connectivity index (χ4n) is 4.09. The van der Waals surface area contributed by atoms with Crippen molar-refractivity contribution < 1.29 is 19.1 Å². The van der Waals surface area contributed by atoms with Crippen LogP contribution in [-0.4, -0.2) is 76.5 Å². The van der Waals surface area contributed by atoms with E-state index in [4.69, 9.17) is 0 Å². The molecule has 1 aliphatic heterocycles. The van der Waals surface area contributed by atoms with Gasteiger partial charge in [-0.3, -0.25) is 9.59 Å². The number of nitrogens with zero attached hydrogens (tertiary/aromatic N) is 7. The fourth-order valence-corrected chi connectivity index (χ4v) is 4.91. The molecule has 0 unspecified atom stereocenters. The lowest BCUT2D eigenvalue weighted by atomic mass is 10.2. The summed E-state index contributed by atoms with van der Waals surface area (Å²) in [6.07, 6.45) is 7.74. The Bertz CT molecular complexity index is 1470. The number of nitrogens with one attached hydrogen (secondary N) is 2. The van der Waals surface area contributed by atoms with Crippen molar-refractivity contribution in [1.82, 2.24) is 39.7 Å². The van der Waals surface area contributed by atoms with E-state index in [1.54, 1.807) is 18.6 Å². The number of likely N-dealkylation sites (tertiary alicyclic amines) is 1. The molecule has 0 radical (unpaired) electrons. The molecule has 0 aliphatic carbocycles. The third kappa shape index (κ3) is 5.15. The van der Waals surface area contributed by atoms with Crippen LogP contribution in [-0.2, 0) is 16.1 Å². The summed E-state index contributed by atoms with van der Waals surface area (Å²) in [7, 11) is 0. The van der Waals surface area contributed by atoms with Gasteiger partial charge in [-0.15, -0.1) is 0 Å². The van der Waals surface area contributed by atoms with Gasteiger partial charge in [-0.25, -0.2) is 29.3 Å². The minimum absolute atomic E-state index is 0.104. The number of aliphatic hydroxyl groups is 1. The summed E-state index contributed by atoms with van der Waals surface area (Å²) in [5, 5.41) is 16.3. The number of hydrogen-bond donors (Lipinski definition) is 3. The van der Waals surface area contributed by atoms with E-state index in [2.05, 4.69) is 42.1 Å². The van der Waals surface area contributed by atoms with Crippen molar-refractivity contribution in [2.24, 2.45) is 0 Å². The molecular formula is C23H22FN9O3S. The summed E-state index contributed by atoms with van der Waals surface area (Å²) in [4.78, 5) is 47.1. The first kappa shape index (κ1) is 24.4. The Morgan fingerprint density at radius 3 is 2.92 bits per heavy atom. The number of amides is 2. The van der Waals surface area contributed by atoms with Crippen LogP contribution >= 0.6 is 11.3 Å². The number of rotatable bonds is 8. The number of hydrogen-bond acceptors (Lipinski definition) is 10. The predicted octanol–water partition coefficient (Wildman–Crippen LogP) is 1.49. The van der Waals surface area contributed by atoms with E-state index in [0.29, 0.717) is 34.4 Å². The van der Waals surface area contributed by atoms with Gasteiger partial charge in [-0.2, -0.15) is 0 Å². The molecule has 37 heavy (non-hydrogen) atoms. The van der Waals surface area contributed by atoms with Gasteiger partial charge in [0, 0.05) is 38.3 Å². The maximum atomic E-state index is 14.0. The minimum atomic E-state index is -0.746. The molecule has 0 bridgehead atoms. The Labute approximate surface area is 213 Å². The summed E-state index contributed by atoms with van der Waals surface area (Å²) in [5.74, 6) is -0.738. The Morgan fingerprint density at radius 2 is 2.11 bits per heavy atom. The second-order valence-electron chi connectivity index (χ2n) is 8.26. The van der Waals surface area contributed by atoms with Crippen LogP contribution in [0.4, 0.5) is 15.3 Å². The van der Waals surface area contributed by atoms with Crippen LogP contribution in [0.25, 0.3) is 21.6 Å². The number of pyridine rings is 1. The van der Waals surface area contributed by atoms with Crippen molar-refractivity contribution in [1.29, 1.82) is 0 Å². The van der Waals surface area contributed by atoms with Crippen molar-refractivity contribution in [2.45, 2.75) is 25.1 Å². The van der Waals surface area contributed by atoms with Crippen LogP contribution in [0.2, 0.25) is 0 Å². The van der Waals surface area contributed by atoms with E-state index < -0.39 is 18.0 Å². The zero-order valence-electron chi connectivity index (χ0n) is 19.4. The molecule has 5 heterocycles. The Kier molecular flexibility index (Phi) is 6.83. The Morgan fingerprint density at radius 1 is 1.24 bits per heavy atom. The first-order valence-electron chi connectivity index (χ1n) is 11.3. The molecule has 14 heteroatoms. The molecule has 12 nitrogen and oxygen atoms in total. The average Bonchev–Trinajstić information content (AvgIpc) is 3.62. The standard InChI is InChI=1S/C23H22FN9O3S/c1-2-20(35)33-10-13(34)5-17(33)22(36)26-3-4-32-12-30-15-8-27-19(6-16(15)32)31-23-28-9-18(37-23)21-14(24)7-25-11-29-21/h2,6-9,11-13,17,34H,1,3-5,10H2,(H,26,36)(H,27,28,31)/t13-,17+/m0/s1. The maximum absolute atomic E-state index is 14.0. The van der Waals surface area contributed by atoms with E-state index in [0.717, 1.165) is 17.8 Å². The van der Waals surface area contributed by atoms with Gasteiger partial charge in [0.15, 0.2) is 10.9 Å². The molecule has 190 valence electrons. The summed E-state index contributed by atoms with van der Waals surface area (Å²) in [6.45, 7) is 4.27. The molecule has 0 saturated carbocycles. The highest BCUT2D eigenvalue weighted by Gasteiger charge is 2.37. The van der Waals surface area contributed by atoms with Crippen molar-refractivity contribution in [2.75, 3.05) is 18.4 Å². The van der Waals surface area contributed by atoms with Crippen LogP contribution in [0.15, 0.2) is 50.0 Å². The van der Waals surface area contributed by atoms with Gasteiger partial charge in [0.25, 0.3) is 0 Å². The SMILES string of the molecule is C=CC(=O)N1C[C@@H](O)C[C@@H]1C(=O)NCCn1cnc2cnc(Nc3ncc(-c4ncncc4F)s3)cc21. The predicted molar refractivity (Wildman–Crippen MR) is 133 cm³/mol. The van der Waals surface area contributed by atoms with Crippen LogP contribution in [0, 0.1) is 5.82 Å². The lowest BCUT2D eigenvalue weighted by Crippen LogP contribution is -2.46. The van der Waals surface area contributed by atoms with Crippen molar-refractivity contribution in [3.05, 3.63) is 55.8 Å². The van der Waals surface area contributed by atoms with Crippen LogP contribution < -0.4 is 10.6 Å². The van der Waals surface area contributed by atoms with Gasteiger partial charge in [0.1, 0.15) is 29.4 Å². The van der Waals surface area contributed by atoms with Crippen LogP contribution in [0.3, 0.4) is 0 Å². The van der Waals surface area contributed by atoms with Crippen LogP contribution in [0.1, 0.15) is 6.42 Å². The van der Waals surface area contributed by atoms with E-state index >= 15 is 0 Å². The molecule has 3 N–H and O–H groups in total. The van der Waals surface area contributed by atoms with Gasteiger partial charge in [-0.1, -0.05) is 17.9 Å². The van der Waals surface area contributed by atoms with Crippen molar-refractivity contribution in [3.63, 3.8) is 0 Å². The van der Waals surface area contributed by atoms with Gasteiger partial charge in [0.2, 0.25) is 11.8 Å². The molecular weight excluding hydrogens is 501 g/mol. The number of thiazole rings is 1. The first-order valence-corrected chi connectivity index (χ1v) is 12.1. The number of anilines is 2. The molecule has 5 rings (SSSR count). The zero-order chi connectivity index (χ0) is 25.9. The second-order valence-corrected chi connectivity index (χ2v) is 9.29. The summed E-state index contributed by atoms with van der Waals surface area (Å²) < 4.78 is 15.8. The van der Waals surface area contributed by atoms with Crippen LogP contribution in [0.5, 0.6) is 0 Å². The average molecular weight is 524 g/mol. The molecule has 1 saturated heterocycles. The van der Waals surface area contributed by atoms with Gasteiger partial charge < -0.3 is 25.2 Å². The van der Waals surface area contributed by atoms with Crippen molar-refractivity contribution >= 4 is 45.1 Å². The first-order chi connectivity index (χ1) is 17.9. The highest BCUT2D eigenvalue weighted by Crippen LogP contribution is 2.30. The monoisotopic (exact) mass is 523 g/mol. The Balaban J connectivity index is 1.24. The normalized spacial score (nSPS) is 17.2. The summed E-state index contributed by atoms with van der Waals surface area (Å²) in [6, 6.07) is 1.06. The Hall–Kier alpha value is -4.30. The second kappa shape index (κ2) is 10.4. The number of halogens is 1. The van der Waals surface area contributed by atoms with Gasteiger partial charge in [0.05, 0.1) is 35.2 Å². The van der Waals surface area contributed by atoms with Gasteiger partial charge in [-0.05, 0) is 6.08 Å². The number of aliphatic hydroxyl groups excluding tert-OH is 1.